The smallest absolute Gasteiger partial charge is 0.306 e. The first-order valence-corrected chi connectivity index (χ1v) is 10.7. The third-order valence-electron chi connectivity index (χ3n) is 4.91. The van der Waals surface area contributed by atoms with Crippen molar-refractivity contribution in [2.24, 2.45) is 5.92 Å². The zero-order valence-electron chi connectivity index (χ0n) is 14.0. The molecule has 25 heavy (non-hydrogen) atoms. The van der Waals surface area contributed by atoms with Crippen LogP contribution in [-0.2, 0) is 19.6 Å². The molecule has 1 saturated carbocycles. The number of thiophene rings is 1. The Kier molecular flexibility index (Phi) is 5.17. The molecule has 1 amide bonds. The van der Waals surface area contributed by atoms with E-state index >= 15 is 0 Å². The lowest BCUT2D eigenvalue weighted by molar-refractivity contribution is -0.141. The molecule has 2 heterocycles. The number of hydrogen-bond acceptors (Lipinski definition) is 5. The Balaban J connectivity index is 1.69. The molecule has 138 valence electrons. The number of aliphatic carboxylic acids is 1. The number of sulfonamides is 1. The van der Waals surface area contributed by atoms with Crippen LogP contribution >= 0.6 is 11.3 Å². The molecular weight excluding hydrogens is 364 g/mol. The number of rotatable bonds is 5. The van der Waals surface area contributed by atoms with Crippen LogP contribution in [0.1, 0.15) is 37.0 Å². The lowest BCUT2D eigenvalue weighted by Crippen LogP contribution is -2.48. The Morgan fingerprint density at radius 2 is 2.04 bits per heavy atom. The van der Waals surface area contributed by atoms with Crippen molar-refractivity contribution < 1.29 is 23.1 Å². The number of nitrogens with zero attached hydrogens (tertiary/aromatic N) is 1. The molecular formula is C16H22N2O5S2. The van der Waals surface area contributed by atoms with E-state index in [0.29, 0.717) is 38.6 Å². The summed E-state index contributed by atoms with van der Waals surface area (Å²) in [7, 11) is -3.67. The Bertz CT molecular complexity index is 773. The van der Waals surface area contributed by atoms with Gasteiger partial charge in [-0.15, -0.1) is 11.3 Å². The zero-order valence-corrected chi connectivity index (χ0v) is 15.6. The van der Waals surface area contributed by atoms with Crippen LogP contribution in [0, 0.1) is 12.8 Å². The number of carboxylic acids is 1. The average Bonchev–Trinajstić information content (AvgIpc) is 3.26. The van der Waals surface area contributed by atoms with E-state index in [-0.39, 0.29) is 16.2 Å². The molecule has 2 N–H and O–H groups in total. The number of aryl methyl sites for hydroxylation is 1. The van der Waals surface area contributed by atoms with Gasteiger partial charge in [0.2, 0.25) is 5.91 Å². The number of carbonyl (C=O) groups excluding carboxylic acids is 1. The van der Waals surface area contributed by atoms with Crippen molar-refractivity contribution in [1.29, 1.82) is 0 Å². The van der Waals surface area contributed by atoms with Gasteiger partial charge in [0.1, 0.15) is 10.3 Å². The minimum absolute atomic E-state index is 0.192. The number of carbonyl (C=O) groups is 2. The minimum Gasteiger partial charge on any atom is -0.481 e. The predicted molar refractivity (Wildman–Crippen MR) is 92.9 cm³/mol. The van der Waals surface area contributed by atoms with Crippen LogP contribution in [0.25, 0.3) is 0 Å². The van der Waals surface area contributed by atoms with E-state index in [9.17, 15) is 18.0 Å². The van der Waals surface area contributed by atoms with Crippen LogP contribution in [-0.4, -0.2) is 48.3 Å². The number of carboxylic acid groups (broad SMARTS) is 1. The molecule has 7 nitrogen and oxygen atoms in total. The quantitative estimate of drug-likeness (QED) is 0.800. The van der Waals surface area contributed by atoms with Crippen molar-refractivity contribution in [2.75, 3.05) is 6.54 Å². The van der Waals surface area contributed by atoms with Crippen molar-refractivity contribution in [3.63, 3.8) is 0 Å². The molecule has 1 aromatic heterocycles. The van der Waals surface area contributed by atoms with Gasteiger partial charge >= 0.3 is 5.97 Å². The third kappa shape index (κ3) is 3.73. The second-order valence-corrected chi connectivity index (χ2v) is 10.1. The summed E-state index contributed by atoms with van der Waals surface area (Å²) in [5.41, 5.74) is 0. The van der Waals surface area contributed by atoms with E-state index in [1.807, 2.05) is 6.92 Å². The molecule has 3 rings (SSSR count). The highest BCUT2D eigenvalue weighted by Crippen LogP contribution is 2.31. The summed E-state index contributed by atoms with van der Waals surface area (Å²) in [6, 6.07) is 2.43. The fraction of sp³-hybridized carbons (Fsp3) is 0.625. The van der Waals surface area contributed by atoms with E-state index in [4.69, 9.17) is 5.11 Å². The second kappa shape index (κ2) is 7.05. The van der Waals surface area contributed by atoms with Gasteiger partial charge in [-0.2, -0.15) is 4.31 Å². The standard InChI is InChI=1S/C16H22N2O5S2/c1-10-4-7-14(24-10)25(22,23)18-8-2-3-13(18)15(19)17-12-6-5-11(9-12)16(20)21/h4,7,11-13H,2-3,5-6,8-9H2,1H3,(H,17,19)(H,20,21)/t11-,12+,13?/m1/s1. The van der Waals surface area contributed by atoms with Crippen molar-refractivity contribution in [3.05, 3.63) is 17.0 Å². The highest BCUT2D eigenvalue weighted by atomic mass is 32.2. The molecule has 2 aliphatic rings. The maximum atomic E-state index is 12.8. The number of hydrogen-bond donors (Lipinski definition) is 2. The minimum atomic E-state index is -3.67. The first-order valence-electron chi connectivity index (χ1n) is 8.40. The molecule has 0 bridgehead atoms. The molecule has 0 aromatic carbocycles. The van der Waals surface area contributed by atoms with Gasteiger partial charge in [0.15, 0.2) is 0 Å². The highest BCUT2D eigenvalue weighted by Gasteiger charge is 2.41. The fourth-order valence-corrected chi connectivity index (χ4v) is 6.66. The third-order valence-corrected chi connectivity index (χ3v) is 8.29. The molecule has 0 spiro atoms. The first-order chi connectivity index (χ1) is 11.8. The predicted octanol–water partition coefficient (Wildman–Crippen LogP) is 1.58. The summed E-state index contributed by atoms with van der Waals surface area (Å²) >= 11 is 1.21. The van der Waals surface area contributed by atoms with Crippen LogP contribution in [0.2, 0.25) is 0 Å². The lowest BCUT2D eigenvalue weighted by atomic mass is 10.1. The zero-order chi connectivity index (χ0) is 18.2. The lowest BCUT2D eigenvalue weighted by Gasteiger charge is -2.24. The maximum absolute atomic E-state index is 12.8. The monoisotopic (exact) mass is 386 g/mol. The molecule has 1 aliphatic heterocycles. The summed E-state index contributed by atoms with van der Waals surface area (Å²) in [6.07, 6.45) is 2.70. The van der Waals surface area contributed by atoms with Crippen molar-refractivity contribution in [1.82, 2.24) is 9.62 Å². The van der Waals surface area contributed by atoms with E-state index in [1.165, 1.54) is 15.6 Å². The Morgan fingerprint density at radius 3 is 2.64 bits per heavy atom. The van der Waals surface area contributed by atoms with Crippen molar-refractivity contribution >= 4 is 33.2 Å². The average molecular weight is 386 g/mol. The SMILES string of the molecule is Cc1ccc(S(=O)(=O)N2CCCC2C(=O)N[C@H]2CC[C@@H](C(=O)O)C2)s1. The van der Waals surface area contributed by atoms with Gasteiger partial charge in [-0.05, 0) is 51.2 Å². The van der Waals surface area contributed by atoms with Crippen LogP contribution < -0.4 is 5.32 Å². The first kappa shape index (κ1) is 18.3. The summed E-state index contributed by atoms with van der Waals surface area (Å²) in [5.74, 6) is -1.58. The normalized spacial score (nSPS) is 27.5. The van der Waals surface area contributed by atoms with Gasteiger partial charge in [0.05, 0.1) is 5.92 Å². The molecule has 1 aliphatic carbocycles. The van der Waals surface area contributed by atoms with Crippen molar-refractivity contribution in [2.45, 2.75) is 55.3 Å². The van der Waals surface area contributed by atoms with Gasteiger partial charge < -0.3 is 10.4 Å². The Hall–Kier alpha value is -1.45. The summed E-state index contributed by atoms with van der Waals surface area (Å²) in [5, 5.41) is 11.9. The van der Waals surface area contributed by atoms with E-state index in [2.05, 4.69) is 5.32 Å². The Morgan fingerprint density at radius 1 is 1.28 bits per heavy atom. The van der Waals surface area contributed by atoms with Crippen LogP contribution in [0.3, 0.4) is 0 Å². The van der Waals surface area contributed by atoms with E-state index in [1.54, 1.807) is 12.1 Å². The van der Waals surface area contributed by atoms with Crippen molar-refractivity contribution in [3.8, 4) is 0 Å². The Labute approximate surface area is 151 Å². The van der Waals surface area contributed by atoms with Gasteiger partial charge in [0, 0.05) is 17.5 Å². The van der Waals surface area contributed by atoms with E-state index in [0.717, 1.165) is 4.88 Å². The van der Waals surface area contributed by atoms with Gasteiger partial charge in [-0.3, -0.25) is 9.59 Å². The highest BCUT2D eigenvalue weighted by molar-refractivity contribution is 7.91. The fourth-order valence-electron chi connectivity index (χ4n) is 3.59. The molecule has 1 aromatic rings. The number of amides is 1. The number of nitrogens with one attached hydrogen (secondary N) is 1. The topological polar surface area (TPSA) is 104 Å². The molecule has 1 unspecified atom stereocenters. The molecule has 3 atom stereocenters. The van der Waals surface area contributed by atoms with E-state index < -0.39 is 28.0 Å². The van der Waals surface area contributed by atoms with Gasteiger partial charge in [-0.25, -0.2) is 8.42 Å². The van der Waals surface area contributed by atoms with Crippen LogP contribution in [0.15, 0.2) is 16.3 Å². The second-order valence-electron chi connectivity index (χ2n) is 6.69. The van der Waals surface area contributed by atoms with Crippen LogP contribution in [0.5, 0.6) is 0 Å². The summed E-state index contributed by atoms with van der Waals surface area (Å²) < 4.78 is 27.2. The van der Waals surface area contributed by atoms with Gasteiger partial charge in [-0.1, -0.05) is 0 Å². The largest absolute Gasteiger partial charge is 0.481 e. The summed E-state index contributed by atoms with van der Waals surface area (Å²) in [4.78, 5) is 24.5. The molecule has 2 fully saturated rings. The molecule has 1 saturated heterocycles. The molecule has 9 heteroatoms. The van der Waals surface area contributed by atoms with Gasteiger partial charge in [0.25, 0.3) is 10.0 Å². The molecule has 0 radical (unpaired) electrons. The summed E-state index contributed by atoms with van der Waals surface area (Å²) in [6.45, 7) is 2.18. The van der Waals surface area contributed by atoms with Crippen LogP contribution in [0.4, 0.5) is 0 Å². The maximum Gasteiger partial charge on any atom is 0.306 e.